The van der Waals surface area contributed by atoms with E-state index in [9.17, 15) is 8.42 Å². The largest absolute Gasteiger partial charge is 0.379 e. The second-order valence-electron chi connectivity index (χ2n) is 6.47. The third-order valence-corrected chi connectivity index (χ3v) is 6.18. The third-order valence-electron chi connectivity index (χ3n) is 4.42. The van der Waals surface area contributed by atoms with Gasteiger partial charge >= 0.3 is 0 Å². The monoisotopic (exact) mass is 346 g/mol. The van der Waals surface area contributed by atoms with Gasteiger partial charge in [-0.3, -0.25) is 9.89 Å². The Hall–Kier alpha value is -0.860. The van der Waals surface area contributed by atoms with Crippen molar-refractivity contribution in [3.63, 3.8) is 0 Å². The molecule has 2 rings (SSSR count). The first kappa shape index (κ1) is 18.5. The number of ether oxygens (including phenoxy) is 1. The fraction of sp³-hybridized carbons (Fsp3) is 0.933. The van der Waals surface area contributed by atoms with Crippen LogP contribution in [0.5, 0.6) is 0 Å². The molecule has 0 spiro atoms. The molecule has 2 fully saturated rings. The van der Waals surface area contributed by atoms with E-state index >= 15 is 0 Å². The van der Waals surface area contributed by atoms with Crippen molar-refractivity contribution in [1.29, 1.82) is 0 Å². The maximum absolute atomic E-state index is 11.6. The number of aliphatic imine (C=N–C) groups is 1. The van der Waals surface area contributed by atoms with Gasteiger partial charge in [0.15, 0.2) is 15.8 Å². The van der Waals surface area contributed by atoms with Gasteiger partial charge in [-0.05, 0) is 27.2 Å². The average Bonchev–Trinajstić information content (AvgIpc) is 2.84. The number of sulfone groups is 1. The van der Waals surface area contributed by atoms with Crippen LogP contribution in [0.2, 0.25) is 0 Å². The van der Waals surface area contributed by atoms with Gasteiger partial charge in [0.25, 0.3) is 0 Å². The summed E-state index contributed by atoms with van der Waals surface area (Å²) in [6.07, 6.45) is 0.656. The summed E-state index contributed by atoms with van der Waals surface area (Å²) < 4.78 is 28.6. The minimum Gasteiger partial charge on any atom is -0.379 e. The SMILES string of the molecule is CCNC(=NCC(C)N1CCOCC1C)NC1CCS(=O)(=O)C1. The molecular weight excluding hydrogens is 316 g/mol. The second-order valence-corrected chi connectivity index (χ2v) is 8.70. The van der Waals surface area contributed by atoms with Crippen LogP contribution in [-0.4, -0.2) is 81.8 Å². The fourth-order valence-corrected chi connectivity index (χ4v) is 4.82. The molecule has 134 valence electrons. The number of hydrogen-bond acceptors (Lipinski definition) is 5. The predicted molar refractivity (Wildman–Crippen MR) is 92.6 cm³/mol. The van der Waals surface area contributed by atoms with Crippen molar-refractivity contribution in [2.45, 2.75) is 45.3 Å². The Morgan fingerprint density at radius 1 is 1.48 bits per heavy atom. The van der Waals surface area contributed by atoms with E-state index in [0.29, 0.717) is 31.0 Å². The number of guanidine groups is 1. The van der Waals surface area contributed by atoms with Crippen molar-refractivity contribution in [2.24, 2.45) is 4.99 Å². The van der Waals surface area contributed by atoms with Gasteiger partial charge in [-0.2, -0.15) is 0 Å². The van der Waals surface area contributed by atoms with Crippen LogP contribution in [0, 0.1) is 0 Å². The van der Waals surface area contributed by atoms with Gasteiger partial charge in [0.2, 0.25) is 0 Å². The van der Waals surface area contributed by atoms with Crippen LogP contribution in [0.3, 0.4) is 0 Å². The lowest BCUT2D eigenvalue weighted by molar-refractivity contribution is -0.0165. The van der Waals surface area contributed by atoms with Gasteiger partial charge in [0.05, 0.1) is 31.3 Å². The highest BCUT2D eigenvalue weighted by Crippen LogP contribution is 2.12. The fourth-order valence-electron chi connectivity index (χ4n) is 3.15. The summed E-state index contributed by atoms with van der Waals surface area (Å²) in [5.74, 6) is 1.18. The van der Waals surface area contributed by atoms with Crippen LogP contribution < -0.4 is 10.6 Å². The standard InChI is InChI=1S/C15H30N4O3S/c1-4-16-15(18-14-5-8-23(20,21)11-14)17-9-12(2)19-6-7-22-10-13(19)3/h12-14H,4-11H2,1-3H3,(H2,16,17,18). The smallest absolute Gasteiger partial charge is 0.191 e. The molecule has 3 atom stereocenters. The van der Waals surface area contributed by atoms with Crippen molar-refractivity contribution in [1.82, 2.24) is 15.5 Å². The predicted octanol–water partition coefficient (Wildman–Crippen LogP) is -0.162. The first-order valence-electron chi connectivity index (χ1n) is 8.50. The Kier molecular flexibility index (Phi) is 6.67. The topological polar surface area (TPSA) is 83.0 Å². The molecule has 2 aliphatic heterocycles. The Bertz CT molecular complexity index is 509. The number of nitrogens with one attached hydrogen (secondary N) is 2. The van der Waals surface area contributed by atoms with E-state index in [0.717, 1.165) is 26.3 Å². The van der Waals surface area contributed by atoms with Gasteiger partial charge < -0.3 is 15.4 Å². The van der Waals surface area contributed by atoms with Crippen LogP contribution in [0.4, 0.5) is 0 Å². The Morgan fingerprint density at radius 3 is 2.87 bits per heavy atom. The summed E-state index contributed by atoms with van der Waals surface area (Å²) in [5, 5.41) is 6.47. The normalized spacial score (nSPS) is 30.1. The van der Waals surface area contributed by atoms with Gasteiger partial charge in [-0.15, -0.1) is 0 Å². The molecule has 0 aromatic carbocycles. The molecule has 0 aromatic heterocycles. The zero-order chi connectivity index (χ0) is 16.9. The molecule has 0 aromatic rings. The molecule has 2 heterocycles. The quantitative estimate of drug-likeness (QED) is 0.532. The zero-order valence-electron chi connectivity index (χ0n) is 14.4. The molecular formula is C15H30N4O3S. The zero-order valence-corrected chi connectivity index (χ0v) is 15.2. The van der Waals surface area contributed by atoms with Crippen molar-refractivity contribution in [2.75, 3.05) is 44.4 Å². The molecule has 0 bridgehead atoms. The molecule has 0 radical (unpaired) electrons. The van der Waals surface area contributed by atoms with E-state index in [1.165, 1.54) is 0 Å². The van der Waals surface area contributed by atoms with Gasteiger partial charge in [-0.1, -0.05) is 0 Å². The number of nitrogens with zero attached hydrogens (tertiary/aromatic N) is 2. The van der Waals surface area contributed by atoms with Gasteiger partial charge in [0.1, 0.15) is 0 Å². The van der Waals surface area contributed by atoms with E-state index in [1.807, 2.05) is 6.92 Å². The number of hydrogen-bond donors (Lipinski definition) is 2. The number of rotatable bonds is 5. The van der Waals surface area contributed by atoms with Crippen LogP contribution >= 0.6 is 0 Å². The minimum absolute atomic E-state index is 0.0320. The summed E-state index contributed by atoms with van der Waals surface area (Å²) in [7, 11) is -2.88. The Labute approximate surface area is 139 Å². The number of morpholine rings is 1. The van der Waals surface area contributed by atoms with Crippen LogP contribution in [0.1, 0.15) is 27.2 Å². The highest BCUT2D eigenvalue weighted by Gasteiger charge is 2.28. The molecule has 23 heavy (non-hydrogen) atoms. The van der Waals surface area contributed by atoms with Gasteiger partial charge in [0, 0.05) is 31.2 Å². The molecule has 7 nitrogen and oxygen atoms in total. The first-order valence-corrected chi connectivity index (χ1v) is 10.3. The maximum Gasteiger partial charge on any atom is 0.191 e. The van der Waals surface area contributed by atoms with Crippen LogP contribution in [-0.2, 0) is 14.6 Å². The summed E-state index contributed by atoms with van der Waals surface area (Å²) in [6.45, 7) is 10.3. The van der Waals surface area contributed by atoms with Crippen LogP contribution in [0.15, 0.2) is 4.99 Å². The lowest BCUT2D eigenvalue weighted by atomic mass is 10.2. The Morgan fingerprint density at radius 2 is 2.26 bits per heavy atom. The molecule has 3 unspecified atom stereocenters. The third kappa shape index (κ3) is 5.61. The molecule has 0 saturated carbocycles. The van der Waals surface area contributed by atoms with E-state index in [2.05, 4.69) is 34.4 Å². The minimum atomic E-state index is -2.88. The molecule has 2 N–H and O–H groups in total. The van der Waals surface area contributed by atoms with Crippen molar-refractivity contribution in [3.8, 4) is 0 Å². The van der Waals surface area contributed by atoms with Crippen molar-refractivity contribution in [3.05, 3.63) is 0 Å². The summed E-state index contributed by atoms with van der Waals surface area (Å²) in [4.78, 5) is 7.06. The molecule has 2 aliphatic rings. The highest BCUT2D eigenvalue weighted by atomic mass is 32.2. The summed E-state index contributed by atoms with van der Waals surface area (Å²) in [6, 6.07) is 0.705. The molecule has 0 amide bonds. The van der Waals surface area contributed by atoms with E-state index in [1.54, 1.807) is 0 Å². The lowest BCUT2D eigenvalue weighted by Gasteiger charge is -2.37. The average molecular weight is 346 g/mol. The van der Waals surface area contributed by atoms with Crippen molar-refractivity contribution < 1.29 is 13.2 Å². The molecule has 8 heteroatoms. The molecule has 2 saturated heterocycles. The van der Waals surface area contributed by atoms with E-state index in [4.69, 9.17) is 4.74 Å². The van der Waals surface area contributed by atoms with E-state index < -0.39 is 9.84 Å². The van der Waals surface area contributed by atoms with E-state index in [-0.39, 0.29) is 17.5 Å². The Balaban J connectivity index is 1.90. The lowest BCUT2D eigenvalue weighted by Crippen LogP contribution is -2.50. The summed E-state index contributed by atoms with van der Waals surface area (Å²) >= 11 is 0. The summed E-state index contributed by atoms with van der Waals surface area (Å²) in [5.41, 5.74) is 0. The van der Waals surface area contributed by atoms with Crippen LogP contribution in [0.25, 0.3) is 0 Å². The first-order chi connectivity index (χ1) is 10.9. The van der Waals surface area contributed by atoms with Gasteiger partial charge in [-0.25, -0.2) is 8.42 Å². The molecule has 0 aliphatic carbocycles. The maximum atomic E-state index is 11.6. The highest BCUT2D eigenvalue weighted by molar-refractivity contribution is 7.91. The van der Waals surface area contributed by atoms with Crippen molar-refractivity contribution >= 4 is 15.8 Å². The second kappa shape index (κ2) is 8.30.